The average Bonchev–Trinajstić information content (AvgIpc) is 2.86. The van der Waals surface area contributed by atoms with E-state index in [1.807, 2.05) is 57.2 Å². The molecule has 0 aliphatic rings. The highest BCUT2D eigenvalue weighted by molar-refractivity contribution is 6.02. The van der Waals surface area contributed by atoms with Gasteiger partial charge in [0, 0.05) is 23.9 Å². The maximum Gasteiger partial charge on any atom is 0.252 e. The van der Waals surface area contributed by atoms with E-state index in [1.54, 1.807) is 13.3 Å². The minimum Gasteiger partial charge on any atom is -0.493 e. The van der Waals surface area contributed by atoms with Crippen LogP contribution in [0.2, 0.25) is 0 Å². The first-order valence-electron chi connectivity index (χ1n) is 11.8. The van der Waals surface area contributed by atoms with Gasteiger partial charge in [0.1, 0.15) is 5.82 Å². The van der Waals surface area contributed by atoms with Crippen molar-refractivity contribution in [3.05, 3.63) is 101 Å². The quantitative estimate of drug-likeness (QED) is 0.310. The number of rotatable bonds is 8. The summed E-state index contributed by atoms with van der Waals surface area (Å²) in [6.07, 6.45) is 2.70. The van der Waals surface area contributed by atoms with Crippen LogP contribution in [0.25, 0.3) is 22.3 Å². The standard InChI is InChI=1S/C30H29FN2O3/c1-5-36-29-13-21(6-9-28(29)35-4)16-33-30(34)27-15-22(23-11-19(2)10-20(3)12-23)7-8-26(27)24-14-25(31)18-32-17-24/h6-15,17-18H,5,16H2,1-4H3,(H,33,34). The zero-order chi connectivity index (χ0) is 25.7. The smallest absolute Gasteiger partial charge is 0.252 e. The lowest BCUT2D eigenvalue weighted by Crippen LogP contribution is -2.23. The monoisotopic (exact) mass is 484 g/mol. The third-order valence-corrected chi connectivity index (χ3v) is 5.82. The molecule has 0 saturated heterocycles. The third-order valence-electron chi connectivity index (χ3n) is 5.82. The van der Waals surface area contributed by atoms with E-state index in [2.05, 4.69) is 28.5 Å². The molecule has 0 saturated carbocycles. The zero-order valence-electron chi connectivity index (χ0n) is 20.9. The van der Waals surface area contributed by atoms with Gasteiger partial charge in [-0.2, -0.15) is 0 Å². The summed E-state index contributed by atoms with van der Waals surface area (Å²) in [5.74, 6) is 0.525. The number of benzene rings is 3. The summed E-state index contributed by atoms with van der Waals surface area (Å²) in [5, 5.41) is 3.00. The van der Waals surface area contributed by atoms with Crippen molar-refractivity contribution in [2.45, 2.75) is 27.3 Å². The first-order chi connectivity index (χ1) is 17.4. The van der Waals surface area contributed by atoms with Crippen LogP contribution in [0.5, 0.6) is 11.5 Å². The molecule has 36 heavy (non-hydrogen) atoms. The van der Waals surface area contributed by atoms with Crippen molar-refractivity contribution in [2.75, 3.05) is 13.7 Å². The number of hydrogen-bond acceptors (Lipinski definition) is 4. The molecule has 0 spiro atoms. The molecule has 1 aromatic heterocycles. The average molecular weight is 485 g/mol. The molecule has 1 N–H and O–H groups in total. The number of aromatic nitrogens is 1. The Labute approximate surface area is 210 Å². The van der Waals surface area contributed by atoms with Crippen LogP contribution in [0.15, 0.2) is 73.1 Å². The van der Waals surface area contributed by atoms with Gasteiger partial charge in [-0.25, -0.2) is 4.39 Å². The number of methoxy groups -OCH3 is 1. The molecule has 4 aromatic rings. The van der Waals surface area contributed by atoms with Gasteiger partial charge in [0.25, 0.3) is 5.91 Å². The molecule has 0 bridgehead atoms. The van der Waals surface area contributed by atoms with Gasteiger partial charge in [-0.15, -0.1) is 0 Å². The topological polar surface area (TPSA) is 60.5 Å². The van der Waals surface area contributed by atoms with Crippen molar-refractivity contribution in [2.24, 2.45) is 0 Å². The van der Waals surface area contributed by atoms with E-state index in [0.29, 0.717) is 34.8 Å². The third kappa shape index (κ3) is 5.71. The van der Waals surface area contributed by atoms with Crippen LogP contribution >= 0.6 is 0 Å². The Morgan fingerprint density at radius 3 is 2.36 bits per heavy atom. The van der Waals surface area contributed by atoms with Gasteiger partial charge < -0.3 is 14.8 Å². The number of nitrogens with zero attached hydrogens (tertiary/aromatic N) is 1. The summed E-state index contributed by atoms with van der Waals surface area (Å²) in [4.78, 5) is 17.4. The first kappa shape index (κ1) is 24.9. The van der Waals surface area contributed by atoms with Crippen molar-refractivity contribution >= 4 is 5.91 Å². The largest absolute Gasteiger partial charge is 0.493 e. The fraction of sp³-hybridized carbons (Fsp3) is 0.200. The Kier molecular flexibility index (Phi) is 7.64. The molecular formula is C30H29FN2O3. The predicted octanol–water partition coefficient (Wildman–Crippen LogP) is 6.51. The van der Waals surface area contributed by atoms with E-state index < -0.39 is 5.82 Å². The number of carbonyl (C=O) groups excluding carboxylic acids is 1. The highest BCUT2D eigenvalue weighted by atomic mass is 19.1. The zero-order valence-corrected chi connectivity index (χ0v) is 20.9. The van der Waals surface area contributed by atoms with Crippen molar-refractivity contribution in [3.63, 3.8) is 0 Å². The van der Waals surface area contributed by atoms with Gasteiger partial charge >= 0.3 is 0 Å². The van der Waals surface area contributed by atoms with Gasteiger partial charge in [-0.05, 0) is 67.3 Å². The molecule has 1 heterocycles. The van der Waals surface area contributed by atoms with Gasteiger partial charge in [0.15, 0.2) is 11.5 Å². The van der Waals surface area contributed by atoms with Crippen LogP contribution in [0.3, 0.4) is 0 Å². The van der Waals surface area contributed by atoms with Crippen molar-refractivity contribution < 1.29 is 18.7 Å². The lowest BCUT2D eigenvalue weighted by Gasteiger charge is -2.15. The summed E-state index contributed by atoms with van der Waals surface area (Å²) in [7, 11) is 1.59. The van der Waals surface area contributed by atoms with E-state index in [1.165, 1.54) is 6.07 Å². The fourth-order valence-electron chi connectivity index (χ4n) is 4.24. The fourth-order valence-corrected chi connectivity index (χ4v) is 4.24. The van der Waals surface area contributed by atoms with Crippen LogP contribution < -0.4 is 14.8 Å². The van der Waals surface area contributed by atoms with Crippen LogP contribution in [0.4, 0.5) is 4.39 Å². The van der Waals surface area contributed by atoms with Crippen molar-refractivity contribution in [1.82, 2.24) is 10.3 Å². The van der Waals surface area contributed by atoms with Crippen molar-refractivity contribution in [3.8, 4) is 33.8 Å². The van der Waals surface area contributed by atoms with Crippen molar-refractivity contribution in [1.29, 1.82) is 0 Å². The summed E-state index contributed by atoms with van der Waals surface area (Å²) >= 11 is 0. The molecule has 6 heteroatoms. The second kappa shape index (κ2) is 11.0. The number of pyridine rings is 1. The Hall–Kier alpha value is -4.19. The molecule has 0 fully saturated rings. The van der Waals surface area contributed by atoms with Gasteiger partial charge in [-0.1, -0.05) is 47.5 Å². The maximum absolute atomic E-state index is 14.0. The maximum atomic E-state index is 14.0. The molecule has 3 aromatic carbocycles. The number of carbonyl (C=O) groups is 1. The second-order valence-corrected chi connectivity index (χ2v) is 8.63. The minimum atomic E-state index is -0.459. The number of halogens is 1. The Morgan fingerprint density at radius 1 is 0.889 bits per heavy atom. The first-order valence-corrected chi connectivity index (χ1v) is 11.8. The summed E-state index contributed by atoms with van der Waals surface area (Å²) in [5.41, 5.74) is 6.65. The van der Waals surface area contributed by atoms with Gasteiger partial charge in [0.05, 0.1) is 19.9 Å². The van der Waals surface area contributed by atoms with E-state index in [9.17, 15) is 9.18 Å². The Morgan fingerprint density at radius 2 is 1.67 bits per heavy atom. The number of amides is 1. The van der Waals surface area contributed by atoms with Crippen LogP contribution in [-0.4, -0.2) is 24.6 Å². The Balaban J connectivity index is 1.69. The predicted molar refractivity (Wildman–Crippen MR) is 140 cm³/mol. The number of nitrogens with one attached hydrogen (secondary N) is 1. The molecule has 4 rings (SSSR count). The molecule has 5 nitrogen and oxygen atoms in total. The van der Waals surface area contributed by atoms with E-state index in [-0.39, 0.29) is 12.5 Å². The summed E-state index contributed by atoms with van der Waals surface area (Å²) in [6.45, 7) is 6.78. The van der Waals surface area contributed by atoms with Crippen LogP contribution in [-0.2, 0) is 6.54 Å². The second-order valence-electron chi connectivity index (χ2n) is 8.63. The van der Waals surface area contributed by atoms with Gasteiger partial charge in [0.2, 0.25) is 0 Å². The molecule has 1 amide bonds. The number of ether oxygens (including phenoxy) is 2. The molecule has 184 valence electrons. The summed E-state index contributed by atoms with van der Waals surface area (Å²) in [6, 6.07) is 18.8. The molecule has 0 unspecified atom stereocenters. The minimum absolute atomic E-state index is 0.269. The SMILES string of the molecule is CCOc1cc(CNC(=O)c2cc(-c3cc(C)cc(C)c3)ccc2-c2cncc(F)c2)ccc1OC. The Bertz CT molecular complexity index is 1380. The molecule has 0 radical (unpaired) electrons. The molecule has 0 aliphatic heterocycles. The van der Waals surface area contributed by atoms with E-state index >= 15 is 0 Å². The number of aryl methyl sites for hydroxylation is 2. The number of hydrogen-bond donors (Lipinski definition) is 1. The highest BCUT2D eigenvalue weighted by Gasteiger charge is 2.16. The lowest BCUT2D eigenvalue weighted by atomic mass is 9.94. The van der Waals surface area contributed by atoms with Crippen LogP contribution in [0, 0.1) is 19.7 Å². The normalized spacial score (nSPS) is 10.7. The molecular weight excluding hydrogens is 455 g/mol. The summed E-state index contributed by atoms with van der Waals surface area (Å²) < 4.78 is 25.0. The van der Waals surface area contributed by atoms with Crippen LogP contribution in [0.1, 0.15) is 34.0 Å². The molecule has 0 aliphatic carbocycles. The van der Waals surface area contributed by atoms with Gasteiger partial charge in [-0.3, -0.25) is 9.78 Å². The highest BCUT2D eigenvalue weighted by Crippen LogP contribution is 2.31. The lowest BCUT2D eigenvalue weighted by molar-refractivity contribution is 0.0951. The van der Waals surface area contributed by atoms with E-state index in [0.717, 1.165) is 34.0 Å². The van der Waals surface area contributed by atoms with E-state index in [4.69, 9.17) is 9.47 Å². The molecule has 0 atom stereocenters.